The number of nitrogens with one attached hydrogen (secondary N) is 4. The van der Waals surface area contributed by atoms with Gasteiger partial charge in [0, 0.05) is 37.0 Å². The summed E-state index contributed by atoms with van der Waals surface area (Å²) in [6, 6.07) is 8.94. The van der Waals surface area contributed by atoms with Gasteiger partial charge in [-0.05, 0) is 44.2 Å². The fourth-order valence-electron chi connectivity index (χ4n) is 4.78. The molecule has 1 aromatic heterocycles. The minimum Gasteiger partial charge on any atom is -0.342 e. The number of likely N-dealkylation sites (tertiary alicyclic amines) is 1. The number of carbonyl (C=O) groups is 1. The molecule has 138 valence electrons. The van der Waals surface area contributed by atoms with Crippen molar-refractivity contribution in [2.24, 2.45) is 5.92 Å². The van der Waals surface area contributed by atoms with E-state index in [1.807, 2.05) is 18.2 Å². The van der Waals surface area contributed by atoms with Crippen LogP contribution in [-0.4, -0.2) is 45.9 Å². The molecule has 4 unspecified atom stereocenters. The van der Waals surface area contributed by atoms with Gasteiger partial charge in [-0.25, -0.2) is 15.8 Å². The first kappa shape index (κ1) is 16.2. The lowest BCUT2D eigenvalue weighted by Crippen LogP contribution is -2.47. The summed E-state index contributed by atoms with van der Waals surface area (Å²) in [5.41, 5.74) is 11.6. The molecule has 0 spiro atoms. The Morgan fingerprint density at radius 2 is 2.00 bits per heavy atom. The van der Waals surface area contributed by atoms with Crippen LogP contribution in [0, 0.1) is 5.92 Å². The molecule has 4 N–H and O–H groups in total. The molecule has 2 aliphatic heterocycles. The van der Waals surface area contributed by atoms with E-state index in [-0.39, 0.29) is 5.92 Å². The van der Waals surface area contributed by atoms with Crippen LogP contribution in [0.2, 0.25) is 0 Å². The van der Waals surface area contributed by atoms with Gasteiger partial charge < -0.3 is 9.88 Å². The van der Waals surface area contributed by atoms with Gasteiger partial charge in [-0.3, -0.25) is 4.79 Å². The number of aromatic amines is 1. The minimum absolute atomic E-state index is 0.139. The third kappa shape index (κ3) is 2.90. The number of amides is 1. The number of hydrogen-bond donors (Lipinski definition) is 4. The second-order valence-corrected chi connectivity index (χ2v) is 7.90. The standard InChI is InChI=1S/C19H26N6O/c26-19(12-7-8-16-17(10-12)23-24-22-16)25-9-3-4-13(11-25)18-20-14-5-1-2-6-15(14)21-18/h1-2,5-6,12-13,16-17,22-24H,3-4,7-11H2,(H,20,21). The molecule has 26 heavy (non-hydrogen) atoms. The summed E-state index contributed by atoms with van der Waals surface area (Å²) in [6.45, 7) is 1.66. The lowest BCUT2D eigenvalue weighted by Gasteiger charge is -2.37. The zero-order valence-corrected chi connectivity index (χ0v) is 14.9. The van der Waals surface area contributed by atoms with Gasteiger partial charge in [0.15, 0.2) is 0 Å². The number of piperidine rings is 1. The quantitative estimate of drug-likeness (QED) is 0.655. The highest BCUT2D eigenvalue weighted by molar-refractivity contribution is 5.79. The third-order valence-corrected chi connectivity index (χ3v) is 6.24. The molecule has 7 nitrogen and oxygen atoms in total. The molecule has 5 rings (SSSR count). The maximum atomic E-state index is 13.1. The normalized spacial score (nSPS) is 31.9. The van der Waals surface area contributed by atoms with Crippen molar-refractivity contribution in [2.45, 2.75) is 50.1 Å². The van der Waals surface area contributed by atoms with Crippen LogP contribution in [-0.2, 0) is 4.79 Å². The first-order valence-electron chi connectivity index (χ1n) is 9.77. The van der Waals surface area contributed by atoms with Crippen LogP contribution in [0.3, 0.4) is 0 Å². The highest BCUT2D eigenvalue weighted by Crippen LogP contribution is 2.31. The number of imidazole rings is 1. The Hall–Kier alpha value is -1.96. The van der Waals surface area contributed by atoms with Crippen molar-refractivity contribution >= 4 is 16.9 Å². The smallest absolute Gasteiger partial charge is 0.225 e. The molecular formula is C19H26N6O. The highest BCUT2D eigenvalue weighted by atomic mass is 16.2. The molecule has 4 atom stereocenters. The highest BCUT2D eigenvalue weighted by Gasteiger charge is 2.39. The summed E-state index contributed by atoms with van der Waals surface area (Å²) in [6.07, 6.45) is 5.07. The number of carbonyl (C=O) groups excluding carboxylic acids is 1. The Kier molecular flexibility index (Phi) is 4.15. The monoisotopic (exact) mass is 354 g/mol. The fraction of sp³-hybridized carbons (Fsp3) is 0.579. The molecule has 1 aromatic carbocycles. The SMILES string of the molecule is O=C(C1CCC2NNNC2C1)N1CCCC(c2nc3ccccc3[nH]2)C1. The van der Waals surface area contributed by atoms with E-state index in [4.69, 9.17) is 4.98 Å². The van der Waals surface area contributed by atoms with Gasteiger partial charge in [0.2, 0.25) is 5.91 Å². The molecule has 1 amide bonds. The summed E-state index contributed by atoms with van der Waals surface area (Å²) in [5.74, 6) is 1.81. The van der Waals surface area contributed by atoms with Crippen molar-refractivity contribution in [3.63, 3.8) is 0 Å². The van der Waals surface area contributed by atoms with Crippen molar-refractivity contribution in [3.05, 3.63) is 30.1 Å². The fourth-order valence-corrected chi connectivity index (χ4v) is 4.78. The molecule has 3 heterocycles. The van der Waals surface area contributed by atoms with Crippen LogP contribution in [0.4, 0.5) is 0 Å². The molecule has 0 radical (unpaired) electrons. The summed E-state index contributed by atoms with van der Waals surface area (Å²) in [7, 11) is 0. The molecule has 2 saturated heterocycles. The van der Waals surface area contributed by atoms with Gasteiger partial charge in [-0.2, -0.15) is 5.53 Å². The number of aromatic nitrogens is 2. The van der Waals surface area contributed by atoms with Crippen LogP contribution in [0.1, 0.15) is 43.8 Å². The Morgan fingerprint density at radius 3 is 2.92 bits per heavy atom. The largest absolute Gasteiger partial charge is 0.342 e. The van der Waals surface area contributed by atoms with E-state index in [1.54, 1.807) is 0 Å². The number of para-hydroxylation sites is 2. The van der Waals surface area contributed by atoms with Crippen LogP contribution in [0.25, 0.3) is 11.0 Å². The zero-order chi connectivity index (χ0) is 17.5. The number of benzene rings is 1. The van der Waals surface area contributed by atoms with Crippen LogP contribution in [0.5, 0.6) is 0 Å². The Labute approximate surface area is 152 Å². The van der Waals surface area contributed by atoms with Gasteiger partial charge in [0.25, 0.3) is 0 Å². The Balaban J connectivity index is 1.28. The molecule has 2 aromatic rings. The molecule has 7 heteroatoms. The Bertz CT molecular complexity index is 771. The maximum absolute atomic E-state index is 13.1. The predicted octanol–water partition coefficient (Wildman–Crippen LogP) is 1.42. The minimum atomic E-state index is 0.139. The molecule has 3 aliphatic rings. The molecule has 0 bridgehead atoms. The van der Waals surface area contributed by atoms with E-state index >= 15 is 0 Å². The van der Waals surface area contributed by atoms with Gasteiger partial charge in [0.1, 0.15) is 5.82 Å². The third-order valence-electron chi connectivity index (χ3n) is 6.24. The van der Waals surface area contributed by atoms with E-state index in [1.165, 1.54) is 0 Å². The number of nitrogens with zero attached hydrogens (tertiary/aromatic N) is 2. The summed E-state index contributed by atoms with van der Waals surface area (Å²) in [4.78, 5) is 23.4. The number of rotatable bonds is 2. The van der Waals surface area contributed by atoms with E-state index in [9.17, 15) is 4.79 Å². The first-order valence-corrected chi connectivity index (χ1v) is 9.77. The summed E-state index contributed by atoms with van der Waals surface area (Å²) >= 11 is 0. The van der Waals surface area contributed by atoms with E-state index < -0.39 is 0 Å². The van der Waals surface area contributed by atoms with Gasteiger partial charge in [0.05, 0.1) is 11.0 Å². The zero-order valence-electron chi connectivity index (χ0n) is 14.9. The van der Waals surface area contributed by atoms with Gasteiger partial charge >= 0.3 is 0 Å². The summed E-state index contributed by atoms with van der Waals surface area (Å²) < 4.78 is 0. The van der Waals surface area contributed by atoms with Crippen molar-refractivity contribution in [2.75, 3.05) is 13.1 Å². The van der Waals surface area contributed by atoms with Gasteiger partial charge in [-0.1, -0.05) is 12.1 Å². The van der Waals surface area contributed by atoms with Crippen LogP contribution in [0.15, 0.2) is 24.3 Å². The number of fused-ring (bicyclic) bond motifs is 2. The average molecular weight is 354 g/mol. The molecule has 3 fully saturated rings. The van der Waals surface area contributed by atoms with Crippen LogP contribution >= 0.6 is 0 Å². The lowest BCUT2D eigenvalue weighted by molar-refractivity contribution is -0.138. The maximum Gasteiger partial charge on any atom is 0.225 e. The lowest BCUT2D eigenvalue weighted by atomic mass is 9.82. The Morgan fingerprint density at radius 1 is 1.12 bits per heavy atom. The first-order chi connectivity index (χ1) is 12.8. The van der Waals surface area contributed by atoms with E-state index in [0.717, 1.165) is 62.1 Å². The molecule has 1 saturated carbocycles. The second-order valence-electron chi connectivity index (χ2n) is 7.90. The topological polar surface area (TPSA) is 85.1 Å². The number of hydrazine groups is 2. The van der Waals surface area contributed by atoms with E-state index in [0.29, 0.717) is 23.9 Å². The van der Waals surface area contributed by atoms with Crippen molar-refractivity contribution in [1.29, 1.82) is 0 Å². The number of H-pyrrole nitrogens is 1. The van der Waals surface area contributed by atoms with Crippen molar-refractivity contribution in [1.82, 2.24) is 31.3 Å². The second kappa shape index (κ2) is 6.64. The predicted molar refractivity (Wildman–Crippen MR) is 99.0 cm³/mol. The van der Waals surface area contributed by atoms with Crippen molar-refractivity contribution in [3.8, 4) is 0 Å². The van der Waals surface area contributed by atoms with E-state index in [2.05, 4.69) is 32.3 Å². The average Bonchev–Trinajstić information content (AvgIpc) is 3.33. The number of hydrogen-bond acceptors (Lipinski definition) is 5. The van der Waals surface area contributed by atoms with Gasteiger partial charge in [-0.15, -0.1) is 0 Å². The van der Waals surface area contributed by atoms with Crippen molar-refractivity contribution < 1.29 is 4.79 Å². The molecular weight excluding hydrogens is 328 g/mol. The molecule has 1 aliphatic carbocycles. The summed E-state index contributed by atoms with van der Waals surface area (Å²) in [5, 5.41) is 0. The van der Waals surface area contributed by atoms with Crippen LogP contribution < -0.4 is 16.4 Å².